The summed E-state index contributed by atoms with van der Waals surface area (Å²) in [5.74, 6) is -1.15. The monoisotopic (exact) mass is 658 g/mol. The van der Waals surface area contributed by atoms with Crippen molar-refractivity contribution >= 4 is 51.9 Å². The average Bonchev–Trinajstić information content (AvgIpc) is 3.11. The fourth-order valence-electron chi connectivity index (χ4n) is 4.20. The molecule has 0 radical (unpaired) electrons. The minimum absolute atomic E-state index is 0.281. The molecule has 3 aromatic rings. The smallest absolute Gasteiger partial charge is 0.380 e. The molecule has 1 aliphatic heterocycles. The van der Waals surface area contributed by atoms with Gasteiger partial charge in [0.05, 0.1) is 24.8 Å². The standard InChI is InChI=1S/C26H29BrClN2O9P/c1-15(2)37-23(33)16(3)14-40(35,39-19-10-6-8-17-7-4-5-9-18(17)19)36-13-20-22(32)26(27,28)24(38-20)30-12-11-21(31)29-25(30)34/h4-12,15-16,20,22,24,32H,13-14H2,1-3H3,(H,29,31,34)/t16-,20-,22-,24-,26+,40+/m1/s1. The second kappa shape index (κ2) is 12.2. The van der Waals surface area contributed by atoms with Gasteiger partial charge in [-0.2, -0.15) is 0 Å². The molecule has 1 saturated heterocycles. The van der Waals surface area contributed by atoms with E-state index in [0.717, 1.165) is 16.0 Å². The van der Waals surface area contributed by atoms with Crippen LogP contribution in [0.1, 0.15) is 27.0 Å². The van der Waals surface area contributed by atoms with E-state index in [-0.39, 0.29) is 18.0 Å². The summed E-state index contributed by atoms with van der Waals surface area (Å²) in [5.41, 5.74) is -1.43. The van der Waals surface area contributed by atoms with E-state index in [2.05, 4.69) is 20.9 Å². The number of alkyl halides is 2. The zero-order chi connectivity index (χ0) is 29.2. The van der Waals surface area contributed by atoms with Crippen molar-refractivity contribution in [1.82, 2.24) is 9.55 Å². The summed E-state index contributed by atoms with van der Waals surface area (Å²) in [6.07, 6.45) is -3.42. The van der Waals surface area contributed by atoms with Crippen LogP contribution in [0.3, 0.4) is 0 Å². The van der Waals surface area contributed by atoms with Gasteiger partial charge in [0, 0.05) is 17.6 Å². The minimum atomic E-state index is -4.09. The zero-order valence-electron chi connectivity index (χ0n) is 21.9. The Balaban J connectivity index is 1.60. The van der Waals surface area contributed by atoms with Crippen LogP contribution in [0.15, 0.2) is 64.3 Å². The highest BCUT2D eigenvalue weighted by Gasteiger charge is 2.55. The molecule has 2 heterocycles. The number of aromatic nitrogens is 2. The van der Waals surface area contributed by atoms with Crippen molar-refractivity contribution in [3.05, 3.63) is 75.6 Å². The second-order valence-corrected chi connectivity index (χ2v) is 14.1. The fourth-order valence-corrected chi connectivity index (χ4v) is 7.01. The predicted molar refractivity (Wildman–Crippen MR) is 152 cm³/mol. The first-order valence-electron chi connectivity index (χ1n) is 12.4. The van der Waals surface area contributed by atoms with E-state index in [1.54, 1.807) is 45.0 Å². The normalized spacial score (nSPS) is 25.0. The lowest BCUT2D eigenvalue weighted by atomic mass is 10.1. The largest absolute Gasteiger partial charge is 0.463 e. The number of aliphatic hydroxyl groups excluding tert-OH is 1. The molecule has 11 nitrogen and oxygen atoms in total. The lowest BCUT2D eigenvalue weighted by Crippen LogP contribution is -2.40. The van der Waals surface area contributed by atoms with Crippen molar-refractivity contribution < 1.29 is 33.0 Å². The third kappa shape index (κ3) is 6.70. The van der Waals surface area contributed by atoms with Crippen LogP contribution < -0.4 is 15.8 Å². The first-order valence-corrected chi connectivity index (χ1v) is 15.3. The summed E-state index contributed by atoms with van der Waals surface area (Å²) < 4.78 is 36.4. The lowest BCUT2D eigenvalue weighted by molar-refractivity contribution is -0.151. The van der Waals surface area contributed by atoms with Gasteiger partial charge >= 0.3 is 19.3 Å². The predicted octanol–water partition coefficient (Wildman–Crippen LogP) is 4.15. The highest BCUT2D eigenvalue weighted by Crippen LogP contribution is 2.53. The number of fused-ring (bicyclic) bond motifs is 1. The van der Waals surface area contributed by atoms with Crippen molar-refractivity contribution in [3.8, 4) is 5.75 Å². The number of benzene rings is 2. The first-order chi connectivity index (χ1) is 18.8. The summed E-state index contributed by atoms with van der Waals surface area (Å²) in [5, 5.41) is 12.4. The van der Waals surface area contributed by atoms with Crippen LogP contribution in [0.4, 0.5) is 0 Å². The molecule has 216 valence electrons. The number of hydrogen-bond acceptors (Lipinski definition) is 9. The number of H-pyrrole nitrogens is 1. The Hall–Kier alpha value is -2.47. The van der Waals surface area contributed by atoms with E-state index in [0.29, 0.717) is 5.39 Å². The Labute approximate surface area is 243 Å². The molecule has 2 aromatic carbocycles. The molecule has 0 saturated carbocycles. The average molecular weight is 660 g/mol. The maximum atomic E-state index is 14.2. The molecular formula is C26H29BrClN2O9P. The van der Waals surface area contributed by atoms with E-state index < -0.39 is 59.6 Å². The number of nitrogens with zero attached hydrogens (tertiary/aromatic N) is 1. The Kier molecular flexibility index (Phi) is 9.28. The Morgan fingerprint density at radius 1 is 1.20 bits per heavy atom. The van der Waals surface area contributed by atoms with Crippen molar-refractivity contribution in [2.24, 2.45) is 5.92 Å². The summed E-state index contributed by atoms with van der Waals surface area (Å²) >= 11 is 9.73. The Bertz CT molecular complexity index is 1540. The highest BCUT2D eigenvalue weighted by atomic mass is 79.9. The van der Waals surface area contributed by atoms with Crippen molar-refractivity contribution in [2.75, 3.05) is 12.8 Å². The Morgan fingerprint density at radius 2 is 1.90 bits per heavy atom. The summed E-state index contributed by atoms with van der Waals surface area (Å²) in [6.45, 7) is 4.49. The molecule has 0 unspecified atom stereocenters. The number of halogens is 2. The van der Waals surface area contributed by atoms with Crippen LogP contribution in [-0.4, -0.2) is 55.5 Å². The van der Waals surface area contributed by atoms with Crippen LogP contribution in [0.2, 0.25) is 0 Å². The van der Waals surface area contributed by atoms with Crippen molar-refractivity contribution in [2.45, 2.75) is 49.1 Å². The van der Waals surface area contributed by atoms with Crippen LogP contribution in [-0.2, 0) is 23.4 Å². The molecule has 1 aromatic heterocycles. The summed E-state index contributed by atoms with van der Waals surface area (Å²) in [7, 11) is -4.09. The van der Waals surface area contributed by atoms with Gasteiger partial charge in [0.2, 0.25) is 0 Å². The van der Waals surface area contributed by atoms with E-state index in [1.807, 2.05) is 18.2 Å². The molecule has 1 fully saturated rings. The molecule has 6 atom stereocenters. The third-order valence-electron chi connectivity index (χ3n) is 6.16. The van der Waals surface area contributed by atoms with Crippen molar-refractivity contribution in [3.63, 3.8) is 0 Å². The van der Waals surface area contributed by atoms with Gasteiger partial charge in [-0.15, -0.1) is 0 Å². The lowest BCUT2D eigenvalue weighted by Gasteiger charge is -2.25. The molecule has 40 heavy (non-hydrogen) atoms. The van der Waals surface area contributed by atoms with Gasteiger partial charge in [-0.25, -0.2) is 9.36 Å². The Morgan fingerprint density at radius 3 is 2.60 bits per heavy atom. The maximum absolute atomic E-state index is 14.2. The van der Waals surface area contributed by atoms with Crippen LogP contribution in [0.5, 0.6) is 5.75 Å². The summed E-state index contributed by atoms with van der Waals surface area (Å²) in [6, 6.07) is 13.7. The fraction of sp³-hybridized carbons (Fsp3) is 0.423. The molecule has 0 spiro atoms. The quantitative estimate of drug-likeness (QED) is 0.186. The SMILES string of the molecule is CC(C)OC(=O)[C@H](C)C[P@](=O)(OC[C@H]1O[C@@H](n2ccc(=O)[nH]c2=O)[C@](Cl)(Br)[C@@H]1O)Oc1cccc2ccccc12. The molecule has 0 bridgehead atoms. The highest BCUT2D eigenvalue weighted by molar-refractivity contribution is 9.10. The number of carbonyl (C=O) groups excluding carboxylic acids is 1. The molecule has 1 aliphatic rings. The van der Waals surface area contributed by atoms with E-state index in [9.17, 15) is 24.1 Å². The number of rotatable bonds is 10. The molecule has 0 amide bonds. The number of aliphatic hydroxyl groups is 1. The number of esters is 1. The second-order valence-electron chi connectivity index (χ2n) is 9.71. The van der Waals surface area contributed by atoms with Gasteiger partial charge in [0.1, 0.15) is 18.0 Å². The van der Waals surface area contributed by atoms with Crippen LogP contribution >= 0.6 is 35.1 Å². The number of ether oxygens (including phenoxy) is 2. The van der Waals surface area contributed by atoms with E-state index in [1.165, 1.54) is 6.20 Å². The third-order valence-corrected chi connectivity index (χ3v) is 9.44. The van der Waals surface area contributed by atoms with E-state index >= 15 is 0 Å². The molecule has 4 rings (SSSR count). The number of hydrogen-bond donors (Lipinski definition) is 2. The van der Waals surface area contributed by atoms with Gasteiger partial charge in [-0.3, -0.25) is 23.7 Å². The van der Waals surface area contributed by atoms with Gasteiger partial charge in [-0.05, 0) is 25.3 Å². The number of nitrogens with one attached hydrogen (secondary N) is 1. The van der Waals surface area contributed by atoms with Gasteiger partial charge in [0.15, 0.2) is 10.0 Å². The topological polar surface area (TPSA) is 146 Å². The van der Waals surface area contributed by atoms with Gasteiger partial charge in [0.25, 0.3) is 5.56 Å². The molecule has 0 aliphatic carbocycles. The first kappa shape index (κ1) is 30.5. The number of aromatic amines is 1. The summed E-state index contributed by atoms with van der Waals surface area (Å²) in [4.78, 5) is 38.5. The van der Waals surface area contributed by atoms with Gasteiger partial charge in [-0.1, -0.05) is 70.9 Å². The molecule has 2 N–H and O–H groups in total. The van der Waals surface area contributed by atoms with E-state index in [4.69, 9.17) is 30.1 Å². The van der Waals surface area contributed by atoms with Crippen LogP contribution in [0, 0.1) is 5.92 Å². The zero-order valence-corrected chi connectivity index (χ0v) is 25.1. The molecular weight excluding hydrogens is 631 g/mol. The minimum Gasteiger partial charge on any atom is -0.463 e. The molecule has 14 heteroatoms. The van der Waals surface area contributed by atoms with Crippen molar-refractivity contribution in [1.29, 1.82) is 0 Å². The number of carbonyl (C=O) groups is 1. The van der Waals surface area contributed by atoms with Gasteiger partial charge < -0.3 is 19.1 Å². The van der Waals surface area contributed by atoms with Crippen LogP contribution in [0.25, 0.3) is 10.8 Å². The maximum Gasteiger partial charge on any atom is 0.380 e.